The molecule has 6 nitrogen and oxygen atoms in total. The number of phenolic OH excluding ortho intramolecular Hbond substituents is 1. The molecule has 0 radical (unpaired) electrons. The van der Waals surface area contributed by atoms with Gasteiger partial charge in [0.25, 0.3) is 0 Å². The number of anilines is 1. The first kappa shape index (κ1) is 15.4. The number of hydrogen-bond acceptors (Lipinski definition) is 4. The number of carbonyl (C=O) groups is 1. The zero-order chi connectivity index (χ0) is 17.3. The molecule has 6 heteroatoms. The second-order valence-electron chi connectivity index (χ2n) is 5.29. The van der Waals surface area contributed by atoms with E-state index in [1.165, 1.54) is 7.11 Å². The van der Waals surface area contributed by atoms with E-state index in [4.69, 9.17) is 0 Å². The molecule has 0 aliphatic heterocycles. The normalized spacial score (nSPS) is 10.4. The lowest BCUT2D eigenvalue weighted by Crippen LogP contribution is -2.10. The van der Waals surface area contributed by atoms with E-state index < -0.39 is 6.09 Å². The third kappa shape index (κ3) is 2.52. The van der Waals surface area contributed by atoms with Crippen molar-refractivity contribution in [3.63, 3.8) is 0 Å². The van der Waals surface area contributed by atoms with Crippen LogP contribution in [0.4, 0.5) is 10.5 Å². The number of benzene rings is 2. The molecule has 0 saturated heterocycles. The highest BCUT2D eigenvalue weighted by Crippen LogP contribution is 2.34. The molecule has 2 N–H and O–H groups in total. The van der Waals surface area contributed by atoms with Gasteiger partial charge in [0.1, 0.15) is 11.8 Å². The van der Waals surface area contributed by atoms with Crippen LogP contribution < -0.4 is 5.32 Å². The van der Waals surface area contributed by atoms with Crippen LogP contribution in [0.5, 0.6) is 5.75 Å². The summed E-state index contributed by atoms with van der Waals surface area (Å²) in [6, 6.07) is 14.3. The Hall–Kier alpha value is -3.46. The van der Waals surface area contributed by atoms with Crippen LogP contribution in [0.3, 0.4) is 0 Å². The lowest BCUT2D eigenvalue weighted by Gasteiger charge is -2.08. The van der Waals surface area contributed by atoms with Gasteiger partial charge >= 0.3 is 6.09 Å². The number of aromatic nitrogens is 1. The van der Waals surface area contributed by atoms with Gasteiger partial charge < -0.3 is 14.4 Å². The Bertz CT molecular complexity index is 983. The summed E-state index contributed by atoms with van der Waals surface area (Å²) in [7, 11) is 3.13. The van der Waals surface area contributed by atoms with Crippen LogP contribution in [0.1, 0.15) is 5.56 Å². The topological polar surface area (TPSA) is 87.3 Å². The second kappa shape index (κ2) is 5.97. The second-order valence-corrected chi connectivity index (χ2v) is 5.29. The number of rotatable bonds is 2. The summed E-state index contributed by atoms with van der Waals surface area (Å²) in [6.45, 7) is 0. The molecule has 2 aromatic carbocycles. The highest BCUT2D eigenvalue weighted by Gasteiger charge is 2.17. The van der Waals surface area contributed by atoms with Crippen molar-refractivity contribution in [2.24, 2.45) is 7.05 Å². The number of nitriles is 1. The standard InChI is InChI=1S/C18H15N3O3/c1-21-16-9-13(22)6-7-14(16)15(10-19)17(21)11-4-3-5-12(8-11)20-18(23)24-2/h3-9,22H,1-2H3,(H,20,23). The van der Waals surface area contributed by atoms with E-state index in [1.54, 1.807) is 36.4 Å². The number of methoxy groups -OCH3 is 1. The van der Waals surface area contributed by atoms with Crippen molar-refractivity contribution in [2.45, 2.75) is 0 Å². The molecule has 120 valence electrons. The van der Waals surface area contributed by atoms with Crippen LogP contribution in [0, 0.1) is 11.3 Å². The van der Waals surface area contributed by atoms with E-state index in [-0.39, 0.29) is 5.75 Å². The summed E-state index contributed by atoms with van der Waals surface area (Å²) in [5.41, 5.74) is 3.33. The number of ether oxygens (including phenoxy) is 1. The number of aryl methyl sites for hydroxylation is 1. The van der Waals surface area contributed by atoms with E-state index in [1.807, 2.05) is 17.7 Å². The smallest absolute Gasteiger partial charge is 0.411 e. The van der Waals surface area contributed by atoms with Crippen LogP contribution in [0.2, 0.25) is 0 Å². The lowest BCUT2D eigenvalue weighted by molar-refractivity contribution is 0.187. The third-order valence-electron chi connectivity index (χ3n) is 3.86. The van der Waals surface area contributed by atoms with Gasteiger partial charge in [-0.1, -0.05) is 12.1 Å². The van der Waals surface area contributed by atoms with E-state index in [0.717, 1.165) is 16.5 Å². The summed E-state index contributed by atoms with van der Waals surface area (Å²) in [6.07, 6.45) is -0.561. The van der Waals surface area contributed by atoms with Crippen LogP contribution in [0.15, 0.2) is 42.5 Å². The fourth-order valence-electron chi connectivity index (χ4n) is 2.79. The zero-order valence-electron chi connectivity index (χ0n) is 13.2. The summed E-state index contributed by atoms with van der Waals surface area (Å²) in [4.78, 5) is 11.4. The molecule has 24 heavy (non-hydrogen) atoms. The van der Waals surface area contributed by atoms with Crippen LogP contribution >= 0.6 is 0 Å². The fraction of sp³-hybridized carbons (Fsp3) is 0.111. The van der Waals surface area contributed by atoms with Crippen molar-refractivity contribution in [1.29, 1.82) is 5.26 Å². The van der Waals surface area contributed by atoms with Crippen LogP contribution in [0.25, 0.3) is 22.2 Å². The van der Waals surface area contributed by atoms with E-state index in [0.29, 0.717) is 16.9 Å². The quantitative estimate of drug-likeness (QED) is 0.755. The zero-order valence-corrected chi connectivity index (χ0v) is 13.2. The molecule has 3 rings (SSSR count). The minimum Gasteiger partial charge on any atom is -0.508 e. The highest BCUT2D eigenvalue weighted by atomic mass is 16.5. The first-order chi connectivity index (χ1) is 11.5. The van der Waals surface area contributed by atoms with Crippen molar-refractivity contribution in [2.75, 3.05) is 12.4 Å². The summed E-state index contributed by atoms with van der Waals surface area (Å²) in [5, 5.41) is 22.7. The molecule has 0 spiro atoms. The lowest BCUT2D eigenvalue weighted by atomic mass is 10.1. The maximum Gasteiger partial charge on any atom is 0.411 e. The Morgan fingerprint density at radius 3 is 2.79 bits per heavy atom. The van der Waals surface area contributed by atoms with E-state index in [9.17, 15) is 15.2 Å². The SMILES string of the molecule is COC(=O)Nc1cccc(-c2c(C#N)c3ccc(O)cc3n2C)c1. The van der Waals surface area contributed by atoms with Gasteiger partial charge in [0.15, 0.2) is 0 Å². The van der Waals surface area contributed by atoms with Crippen molar-refractivity contribution < 1.29 is 14.6 Å². The van der Waals surface area contributed by atoms with Crippen molar-refractivity contribution in [3.05, 3.63) is 48.0 Å². The first-order valence-electron chi connectivity index (χ1n) is 7.22. The van der Waals surface area contributed by atoms with Gasteiger partial charge in [-0.25, -0.2) is 4.79 Å². The van der Waals surface area contributed by atoms with Gasteiger partial charge in [-0.3, -0.25) is 5.32 Å². The number of nitrogens with one attached hydrogen (secondary N) is 1. The van der Waals surface area contributed by atoms with Gasteiger partial charge in [0.2, 0.25) is 0 Å². The fourth-order valence-corrected chi connectivity index (χ4v) is 2.79. The van der Waals surface area contributed by atoms with Gasteiger partial charge in [-0.15, -0.1) is 0 Å². The van der Waals surface area contributed by atoms with Crippen molar-refractivity contribution >= 4 is 22.7 Å². The summed E-state index contributed by atoms with van der Waals surface area (Å²) >= 11 is 0. The third-order valence-corrected chi connectivity index (χ3v) is 3.86. The Balaban J connectivity index is 2.20. The minimum atomic E-state index is -0.561. The number of carbonyl (C=O) groups excluding carboxylic acids is 1. The summed E-state index contributed by atoms with van der Waals surface area (Å²) < 4.78 is 6.45. The van der Waals surface area contributed by atoms with Gasteiger partial charge in [-0.05, 0) is 24.3 Å². The van der Waals surface area contributed by atoms with Crippen molar-refractivity contribution in [3.8, 4) is 23.1 Å². The van der Waals surface area contributed by atoms with Gasteiger partial charge in [-0.2, -0.15) is 5.26 Å². The molecule has 0 fully saturated rings. The van der Waals surface area contributed by atoms with Gasteiger partial charge in [0, 0.05) is 29.8 Å². The molecule has 0 atom stereocenters. The molecule has 1 heterocycles. The molecule has 1 amide bonds. The molecule has 0 bridgehead atoms. The maximum atomic E-state index is 11.4. The Morgan fingerprint density at radius 2 is 2.08 bits per heavy atom. The predicted octanol–water partition coefficient (Wildman–Crippen LogP) is 3.60. The molecule has 0 saturated carbocycles. The first-order valence-corrected chi connectivity index (χ1v) is 7.22. The van der Waals surface area contributed by atoms with E-state index >= 15 is 0 Å². The highest BCUT2D eigenvalue weighted by molar-refractivity contribution is 5.96. The largest absolute Gasteiger partial charge is 0.508 e. The average Bonchev–Trinajstić information content (AvgIpc) is 2.86. The average molecular weight is 321 g/mol. The molecule has 0 aliphatic rings. The summed E-state index contributed by atoms with van der Waals surface area (Å²) in [5.74, 6) is 0.139. The molecule has 1 aromatic heterocycles. The van der Waals surface area contributed by atoms with E-state index in [2.05, 4.69) is 16.1 Å². The predicted molar refractivity (Wildman–Crippen MR) is 90.8 cm³/mol. The number of hydrogen-bond donors (Lipinski definition) is 2. The van der Waals surface area contributed by atoms with Gasteiger partial charge in [0.05, 0.1) is 23.9 Å². The number of phenols is 1. The molecule has 0 aliphatic carbocycles. The Kier molecular flexibility index (Phi) is 3.84. The molecule has 0 unspecified atom stereocenters. The molecular formula is C18H15N3O3. The van der Waals surface area contributed by atoms with Crippen LogP contribution in [-0.2, 0) is 11.8 Å². The number of aromatic hydroxyl groups is 1. The molecule has 3 aromatic rings. The Labute approximate surface area is 138 Å². The number of amides is 1. The monoisotopic (exact) mass is 321 g/mol. The molecular weight excluding hydrogens is 306 g/mol. The Morgan fingerprint density at radius 1 is 1.29 bits per heavy atom. The number of fused-ring (bicyclic) bond motifs is 1. The number of nitrogens with zero attached hydrogens (tertiary/aromatic N) is 2. The van der Waals surface area contributed by atoms with Crippen LogP contribution in [-0.4, -0.2) is 22.9 Å². The van der Waals surface area contributed by atoms with Crippen molar-refractivity contribution in [1.82, 2.24) is 4.57 Å². The minimum absolute atomic E-state index is 0.139. The maximum absolute atomic E-state index is 11.4.